The number of carbonyl (C=O) groups is 2. The van der Waals surface area contributed by atoms with Crippen molar-refractivity contribution in [2.24, 2.45) is 5.41 Å². The number of amides is 1. The molecule has 0 aromatic heterocycles. The average molecular weight is 289 g/mol. The lowest BCUT2D eigenvalue weighted by molar-refractivity contribution is -0.157. The summed E-state index contributed by atoms with van der Waals surface area (Å²) < 4.78 is 0. The maximum Gasteiger partial charge on any atom is 0.310 e. The van der Waals surface area contributed by atoms with Gasteiger partial charge in [-0.15, -0.1) is 0 Å². The minimum atomic E-state index is -0.833. The smallest absolute Gasteiger partial charge is 0.310 e. The fourth-order valence-corrected chi connectivity index (χ4v) is 2.80. The van der Waals surface area contributed by atoms with Gasteiger partial charge in [0, 0.05) is 12.5 Å². The summed E-state index contributed by atoms with van der Waals surface area (Å²) in [5.41, 5.74) is 0.447. The second-order valence-electron chi connectivity index (χ2n) is 6.11. The monoisotopic (exact) mass is 289 g/mol. The van der Waals surface area contributed by atoms with Gasteiger partial charge in [-0.3, -0.25) is 9.59 Å². The van der Waals surface area contributed by atoms with E-state index >= 15 is 0 Å². The minimum absolute atomic E-state index is 0.0589. The van der Waals surface area contributed by atoms with Gasteiger partial charge in [0.2, 0.25) is 5.91 Å². The summed E-state index contributed by atoms with van der Waals surface area (Å²) in [4.78, 5) is 23.3. The largest absolute Gasteiger partial charge is 0.481 e. The highest BCUT2D eigenvalue weighted by Gasteiger charge is 2.45. The molecule has 0 heterocycles. The van der Waals surface area contributed by atoms with E-state index in [1.54, 1.807) is 0 Å². The van der Waals surface area contributed by atoms with E-state index in [4.69, 9.17) is 0 Å². The van der Waals surface area contributed by atoms with E-state index in [0.29, 0.717) is 12.8 Å². The molecule has 21 heavy (non-hydrogen) atoms. The van der Waals surface area contributed by atoms with Gasteiger partial charge in [0.25, 0.3) is 0 Å². The van der Waals surface area contributed by atoms with Gasteiger partial charge in [0.15, 0.2) is 0 Å². The molecule has 0 spiro atoms. The molecule has 1 aliphatic carbocycles. The average Bonchev–Trinajstić information content (AvgIpc) is 2.41. The normalized spacial score (nSPS) is 17.6. The Hall–Kier alpha value is -1.84. The molecule has 1 unspecified atom stereocenters. The molecule has 2 rings (SSSR count). The zero-order chi connectivity index (χ0) is 15.3. The number of carbonyl (C=O) groups excluding carboxylic acids is 1. The third-order valence-corrected chi connectivity index (χ3v) is 4.38. The van der Waals surface area contributed by atoms with Crippen LogP contribution in [0, 0.1) is 5.41 Å². The molecule has 0 bridgehead atoms. The summed E-state index contributed by atoms with van der Waals surface area (Å²) in [6.45, 7) is 1.97. The summed E-state index contributed by atoms with van der Waals surface area (Å²) in [6.07, 6.45) is 4.02. The van der Waals surface area contributed by atoms with Crippen molar-refractivity contribution in [3.05, 3.63) is 35.9 Å². The molecule has 114 valence electrons. The number of hydrogen-bond acceptors (Lipinski definition) is 2. The number of hydrogen-bond donors (Lipinski definition) is 2. The summed E-state index contributed by atoms with van der Waals surface area (Å²) in [5, 5.41) is 12.2. The first-order valence-corrected chi connectivity index (χ1v) is 7.58. The summed E-state index contributed by atoms with van der Waals surface area (Å²) >= 11 is 0. The summed E-state index contributed by atoms with van der Waals surface area (Å²) in [6, 6.07) is 10.2. The van der Waals surface area contributed by atoms with Gasteiger partial charge >= 0.3 is 5.97 Å². The quantitative estimate of drug-likeness (QED) is 0.811. The molecule has 4 nitrogen and oxygen atoms in total. The van der Waals surface area contributed by atoms with E-state index in [1.807, 2.05) is 25.1 Å². The third kappa shape index (κ3) is 4.06. The third-order valence-electron chi connectivity index (χ3n) is 4.38. The van der Waals surface area contributed by atoms with Crippen molar-refractivity contribution in [3.63, 3.8) is 0 Å². The Labute approximate surface area is 125 Å². The van der Waals surface area contributed by atoms with Gasteiger partial charge in [-0.05, 0) is 38.2 Å². The van der Waals surface area contributed by atoms with E-state index in [2.05, 4.69) is 17.4 Å². The van der Waals surface area contributed by atoms with Crippen LogP contribution in [0.15, 0.2) is 30.3 Å². The van der Waals surface area contributed by atoms with E-state index in [9.17, 15) is 14.7 Å². The molecule has 2 N–H and O–H groups in total. The topological polar surface area (TPSA) is 66.4 Å². The number of nitrogens with one attached hydrogen (secondary N) is 1. The van der Waals surface area contributed by atoms with Crippen LogP contribution in [0.2, 0.25) is 0 Å². The standard InChI is InChI=1S/C17H23NO3/c1-13(8-9-14-6-3-2-4-7-14)18-15(19)12-17(16(20)21)10-5-11-17/h2-4,6-7,13H,5,8-12H2,1H3,(H,18,19)(H,20,21). The second kappa shape index (κ2) is 6.74. The Kier molecular flexibility index (Phi) is 4.99. The number of aryl methyl sites for hydroxylation is 1. The lowest BCUT2D eigenvalue weighted by atomic mass is 9.66. The van der Waals surface area contributed by atoms with Crippen LogP contribution in [0.25, 0.3) is 0 Å². The van der Waals surface area contributed by atoms with Crippen molar-refractivity contribution in [1.29, 1.82) is 0 Å². The maximum absolute atomic E-state index is 12.0. The number of benzene rings is 1. The molecule has 0 saturated heterocycles. The van der Waals surface area contributed by atoms with Crippen LogP contribution in [0.5, 0.6) is 0 Å². The van der Waals surface area contributed by atoms with Crippen LogP contribution in [-0.2, 0) is 16.0 Å². The molecular weight excluding hydrogens is 266 g/mol. The Bertz CT molecular complexity index is 494. The number of aliphatic carboxylic acids is 1. The molecule has 1 atom stereocenters. The van der Waals surface area contributed by atoms with E-state index in [0.717, 1.165) is 19.3 Å². The van der Waals surface area contributed by atoms with Crippen LogP contribution >= 0.6 is 0 Å². The summed E-state index contributed by atoms with van der Waals surface area (Å²) in [5.74, 6) is -0.974. The molecule has 1 saturated carbocycles. The molecule has 1 aromatic carbocycles. The highest BCUT2D eigenvalue weighted by atomic mass is 16.4. The number of rotatable bonds is 7. The molecule has 4 heteroatoms. The maximum atomic E-state index is 12.0. The van der Waals surface area contributed by atoms with Crippen molar-refractivity contribution in [2.75, 3.05) is 0 Å². The molecule has 1 aliphatic rings. The molecule has 1 fully saturated rings. The number of carboxylic acids is 1. The predicted octanol–water partition coefficient (Wildman–Crippen LogP) is 2.77. The molecule has 0 aliphatic heterocycles. The second-order valence-corrected chi connectivity index (χ2v) is 6.11. The van der Waals surface area contributed by atoms with Gasteiger partial charge in [0.1, 0.15) is 0 Å². The van der Waals surface area contributed by atoms with Crippen LogP contribution in [0.4, 0.5) is 0 Å². The zero-order valence-electron chi connectivity index (χ0n) is 12.5. The van der Waals surface area contributed by atoms with Gasteiger partial charge in [0.05, 0.1) is 5.41 Å². The molecule has 1 aromatic rings. The van der Waals surface area contributed by atoms with Crippen LogP contribution < -0.4 is 5.32 Å². The minimum Gasteiger partial charge on any atom is -0.481 e. The van der Waals surface area contributed by atoms with Crippen molar-refractivity contribution < 1.29 is 14.7 Å². The highest BCUT2D eigenvalue weighted by molar-refractivity contribution is 5.85. The van der Waals surface area contributed by atoms with Crippen molar-refractivity contribution >= 4 is 11.9 Å². The SMILES string of the molecule is CC(CCc1ccccc1)NC(=O)CC1(C(=O)O)CCC1. The van der Waals surface area contributed by atoms with E-state index in [-0.39, 0.29) is 18.4 Å². The zero-order valence-corrected chi connectivity index (χ0v) is 12.5. The lowest BCUT2D eigenvalue weighted by Crippen LogP contribution is -2.44. The first-order chi connectivity index (χ1) is 10.0. The first-order valence-electron chi connectivity index (χ1n) is 7.58. The lowest BCUT2D eigenvalue weighted by Gasteiger charge is -2.37. The summed E-state index contributed by atoms with van der Waals surface area (Å²) in [7, 11) is 0. The fourth-order valence-electron chi connectivity index (χ4n) is 2.80. The highest BCUT2D eigenvalue weighted by Crippen LogP contribution is 2.44. The van der Waals surface area contributed by atoms with Crippen molar-refractivity contribution in [2.45, 2.75) is 51.5 Å². The van der Waals surface area contributed by atoms with Crippen LogP contribution in [-0.4, -0.2) is 23.0 Å². The molecule has 0 radical (unpaired) electrons. The Balaban J connectivity index is 1.76. The van der Waals surface area contributed by atoms with Crippen molar-refractivity contribution in [3.8, 4) is 0 Å². The molecular formula is C17H23NO3. The van der Waals surface area contributed by atoms with Gasteiger partial charge in [-0.25, -0.2) is 0 Å². The van der Waals surface area contributed by atoms with Gasteiger partial charge in [-0.2, -0.15) is 0 Å². The Morgan fingerprint density at radius 1 is 1.29 bits per heavy atom. The Morgan fingerprint density at radius 2 is 1.95 bits per heavy atom. The van der Waals surface area contributed by atoms with E-state index < -0.39 is 11.4 Å². The fraction of sp³-hybridized carbons (Fsp3) is 0.529. The number of carboxylic acid groups (broad SMARTS) is 1. The van der Waals surface area contributed by atoms with E-state index in [1.165, 1.54) is 5.56 Å². The first kappa shape index (κ1) is 15.5. The Morgan fingerprint density at radius 3 is 2.48 bits per heavy atom. The predicted molar refractivity (Wildman–Crippen MR) is 80.9 cm³/mol. The van der Waals surface area contributed by atoms with Crippen LogP contribution in [0.3, 0.4) is 0 Å². The molecule has 1 amide bonds. The van der Waals surface area contributed by atoms with Gasteiger partial charge in [-0.1, -0.05) is 36.8 Å². The van der Waals surface area contributed by atoms with Crippen LogP contribution in [0.1, 0.15) is 44.6 Å². The van der Waals surface area contributed by atoms with Gasteiger partial charge < -0.3 is 10.4 Å². The van der Waals surface area contributed by atoms with Crippen molar-refractivity contribution in [1.82, 2.24) is 5.32 Å².